The smallest absolute Gasteiger partial charge is 0.251 e. The number of nitrogens with one attached hydrogen (secondary N) is 1. The summed E-state index contributed by atoms with van der Waals surface area (Å²) in [6, 6.07) is 34.7. The molecule has 184 valence electrons. The van der Waals surface area contributed by atoms with Crippen LogP contribution in [0.4, 0.5) is 0 Å². The van der Waals surface area contributed by atoms with E-state index in [1.54, 1.807) is 0 Å². The Bertz CT molecular complexity index is 1260. The number of amides is 1. The third kappa shape index (κ3) is 7.13. The fraction of sp³-hybridized carbons (Fsp3) is 0.167. The zero-order chi connectivity index (χ0) is 25.2. The molecule has 5 nitrogen and oxygen atoms in total. The van der Waals surface area contributed by atoms with E-state index in [2.05, 4.69) is 5.32 Å². The van der Waals surface area contributed by atoms with Gasteiger partial charge in [0.2, 0.25) is 0 Å². The van der Waals surface area contributed by atoms with Gasteiger partial charge in [0.25, 0.3) is 5.91 Å². The SMILES string of the molecule is CCOc1ccc(S(=O)N(Cc2ccccc2)Cc2ccc(C(=O)NCc3ccccc3)cc2)cc1. The molecular weight excluding hydrogens is 468 g/mol. The number of ether oxygens (including phenoxy) is 1. The fourth-order valence-corrected chi connectivity index (χ4v) is 4.97. The van der Waals surface area contributed by atoms with Crippen molar-refractivity contribution in [1.82, 2.24) is 9.62 Å². The Morgan fingerprint density at radius 3 is 1.89 bits per heavy atom. The Kier molecular flexibility index (Phi) is 9.03. The maximum Gasteiger partial charge on any atom is 0.251 e. The number of nitrogens with zero attached hydrogens (tertiary/aromatic N) is 1. The topological polar surface area (TPSA) is 58.6 Å². The first-order valence-corrected chi connectivity index (χ1v) is 13.1. The highest BCUT2D eigenvalue weighted by Crippen LogP contribution is 2.21. The first kappa shape index (κ1) is 25.4. The summed E-state index contributed by atoms with van der Waals surface area (Å²) >= 11 is 0. The van der Waals surface area contributed by atoms with Crippen LogP contribution in [-0.2, 0) is 30.6 Å². The Morgan fingerprint density at radius 1 is 0.750 bits per heavy atom. The van der Waals surface area contributed by atoms with Crippen molar-refractivity contribution < 1.29 is 13.7 Å². The highest BCUT2D eigenvalue weighted by Gasteiger charge is 2.17. The normalized spacial score (nSPS) is 11.7. The van der Waals surface area contributed by atoms with E-state index in [-0.39, 0.29) is 5.91 Å². The first-order chi connectivity index (χ1) is 17.6. The van der Waals surface area contributed by atoms with Crippen molar-refractivity contribution >= 4 is 16.9 Å². The summed E-state index contributed by atoms with van der Waals surface area (Å²) in [5, 5.41) is 2.95. The summed E-state index contributed by atoms with van der Waals surface area (Å²) in [6.45, 7) is 4.00. The molecule has 6 heteroatoms. The molecule has 4 rings (SSSR count). The second-order valence-corrected chi connectivity index (χ2v) is 9.79. The predicted molar refractivity (Wildman–Crippen MR) is 144 cm³/mol. The second kappa shape index (κ2) is 12.8. The van der Waals surface area contributed by atoms with Crippen molar-refractivity contribution in [2.24, 2.45) is 0 Å². The molecule has 0 aliphatic rings. The van der Waals surface area contributed by atoms with Crippen LogP contribution in [0.5, 0.6) is 5.75 Å². The molecule has 36 heavy (non-hydrogen) atoms. The van der Waals surface area contributed by atoms with Crippen LogP contribution < -0.4 is 10.1 Å². The molecule has 0 aliphatic carbocycles. The molecule has 1 N–H and O–H groups in total. The van der Waals surface area contributed by atoms with Gasteiger partial charge in [-0.2, -0.15) is 0 Å². The highest BCUT2D eigenvalue weighted by atomic mass is 32.2. The minimum Gasteiger partial charge on any atom is -0.494 e. The quantitative estimate of drug-likeness (QED) is 0.287. The summed E-state index contributed by atoms with van der Waals surface area (Å²) in [4.78, 5) is 13.3. The van der Waals surface area contributed by atoms with Crippen LogP contribution in [0.2, 0.25) is 0 Å². The molecule has 0 radical (unpaired) electrons. The molecule has 0 saturated heterocycles. The van der Waals surface area contributed by atoms with Gasteiger partial charge in [-0.3, -0.25) is 4.79 Å². The van der Waals surface area contributed by atoms with Gasteiger partial charge in [0.1, 0.15) is 16.7 Å². The Morgan fingerprint density at radius 2 is 1.31 bits per heavy atom. The molecule has 0 spiro atoms. The zero-order valence-electron chi connectivity index (χ0n) is 20.3. The van der Waals surface area contributed by atoms with E-state index in [1.165, 1.54) is 0 Å². The molecule has 0 heterocycles. The van der Waals surface area contributed by atoms with Gasteiger partial charge in [-0.1, -0.05) is 72.8 Å². The summed E-state index contributed by atoms with van der Waals surface area (Å²) in [5.74, 6) is 0.637. The minimum absolute atomic E-state index is 0.121. The molecule has 1 amide bonds. The van der Waals surface area contributed by atoms with Crippen LogP contribution in [0.1, 0.15) is 34.0 Å². The van der Waals surface area contributed by atoms with Crippen molar-refractivity contribution in [3.63, 3.8) is 0 Å². The lowest BCUT2D eigenvalue weighted by Crippen LogP contribution is -2.26. The molecule has 4 aromatic rings. The lowest BCUT2D eigenvalue weighted by Gasteiger charge is -2.22. The van der Waals surface area contributed by atoms with Gasteiger partial charge in [-0.15, -0.1) is 0 Å². The molecule has 1 atom stereocenters. The number of hydrogen-bond donors (Lipinski definition) is 1. The first-order valence-electron chi connectivity index (χ1n) is 12.0. The van der Waals surface area contributed by atoms with E-state index in [1.807, 2.05) is 120 Å². The van der Waals surface area contributed by atoms with Crippen molar-refractivity contribution in [2.45, 2.75) is 31.5 Å². The van der Waals surface area contributed by atoms with Crippen molar-refractivity contribution in [1.29, 1.82) is 0 Å². The highest BCUT2D eigenvalue weighted by molar-refractivity contribution is 7.82. The average Bonchev–Trinajstić information content (AvgIpc) is 2.93. The van der Waals surface area contributed by atoms with Crippen molar-refractivity contribution in [3.05, 3.63) is 131 Å². The van der Waals surface area contributed by atoms with E-state index >= 15 is 0 Å². The summed E-state index contributed by atoms with van der Waals surface area (Å²) in [5.41, 5.74) is 3.70. The minimum atomic E-state index is -1.37. The third-order valence-electron chi connectivity index (χ3n) is 5.64. The lowest BCUT2D eigenvalue weighted by molar-refractivity contribution is 0.0951. The summed E-state index contributed by atoms with van der Waals surface area (Å²) in [7, 11) is -1.37. The number of hydrogen-bond acceptors (Lipinski definition) is 3. The van der Waals surface area contributed by atoms with Crippen molar-refractivity contribution in [2.75, 3.05) is 6.61 Å². The molecule has 0 bridgehead atoms. The average molecular weight is 499 g/mol. The van der Waals surface area contributed by atoms with Crippen LogP contribution in [0.3, 0.4) is 0 Å². The van der Waals surface area contributed by atoms with Crippen LogP contribution in [-0.4, -0.2) is 21.0 Å². The molecule has 0 saturated carbocycles. The monoisotopic (exact) mass is 498 g/mol. The summed E-state index contributed by atoms with van der Waals surface area (Å²) < 4.78 is 21.0. The van der Waals surface area contributed by atoms with Crippen molar-refractivity contribution in [3.8, 4) is 5.75 Å². The Hall–Kier alpha value is -3.74. The van der Waals surface area contributed by atoms with Crippen LogP contribution in [0.15, 0.2) is 114 Å². The molecule has 1 unspecified atom stereocenters. The number of carbonyl (C=O) groups is 1. The van der Waals surface area contributed by atoms with E-state index in [4.69, 9.17) is 4.74 Å². The molecule has 0 fully saturated rings. The van der Waals surface area contributed by atoms with Crippen LogP contribution in [0.25, 0.3) is 0 Å². The second-order valence-electron chi connectivity index (χ2n) is 8.30. The van der Waals surface area contributed by atoms with Gasteiger partial charge in [0.05, 0.1) is 11.5 Å². The van der Waals surface area contributed by atoms with Gasteiger partial charge in [0, 0.05) is 25.2 Å². The maximum atomic E-state index is 13.5. The largest absolute Gasteiger partial charge is 0.494 e. The van der Waals surface area contributed by atoms with Gasteiger partial charge >= 0.3 is 0 Å². The third-order valence-corrected chi connectivity index (χ3v) is 7.05. The van der Waals surface area contributed by atoms with Gasteiger partial charge in [-0.05, 0) is 60.0 Å². The van der Waals surface area contributed by atoms with E-state index in [0.29, 0.717) is 36.7 Å². The van der Waals surface area contributed by atoms with Crippen LogP contribution in [0, 0.1) is 0 Å². The zero-order valence-corrected chi connectivity index (χ0v) is 21.1. The maximum absolute atomic E-state index is 13.5. The number of benzene rings is 4. The molecule has 0 aromatic heterocycles. The summed E-state index contributed by atoms with van der Waals surface area (Å²) in [6.07, 6.45) is 0. The molecule has 0 aliphatic heterocycles. The number of rotatable bonds is 11. The van der Waals surface area contributed by atoms with Crippen LogP contribution >= 0.6 is 0 Å². The van der Waals surface area contributed by atoms with E-state index < -0.39 is 11.0 Å². The van der Waals surface area contributed by atoms with Gasteiger partial charge in [0.15, 0.2) is 0 Å². The van der Waals surface area contributed by atoms with E-state index in [0.717, 1.165) is 22.4 Å². The Labute approximate surface area is 215 Å². The van der Waals surface area contributed by atoms with Gasteiger partial charge in [-0.25, -0.2) is 8.51 Å². The Balaban J connectivity index is 1.46. The molecular formula is C30H30N2O3S. The van der Waals surface area contributed by atoms with E-state index in [9.17, 15) is 9.00 Å². The molecule has 4 aromatic carbocycles. The van der Waals surface area contributed by atoms with Gasteiger partial charge < -0.3 is 10.1 Å². The fourth-order valence-electron chi connectivity index (χ4n) is 3.77. The standard InChI is InChI=1S/C30H30N2O3S/c1-2-35-28-17-19-29(20-18-28)36(34)32(22-25-11-7-4-8-12-25)23-26-13-15-27(16-14-26)30(33)31-21-24-9-5-3-6-10-24/h3-20H,2,21-23H2,1H3,(H,31,33). The number of carbonyl (C=O) groups excluding carboxylic acids is 1. The lowest BCUT2D eigenvalue weighted by atomic mass is 10.1. The predicted octanol–water partition coefficient (Wildman–Crippen LogP) is 5.74.